The summed E-state index contributed by atoms with van der Waals surface area (Å²) in [6.07, 6.45) is 1.91. The minimum atomic E-state index is -5.66. The molecule has 0 amide bonds. The zero-order chi connectivity index (χ0) is 34.9. The van der Waals surface area contributed by atoms with E-state index in [4.69, 9.17) is 23.9 Å². The minimum Gasteiger partial charge on any atom is -0.455 e. The van der Waals surface area contributed by atoms with Crippen molar-refractivity contribution in [1.82, 2.24) is 14.5 Å². The molecule has 3 aromatic carbocycles. The minimum absolute atomic E-state index is 0.138. The maximum Gasteiger partial charge on any atom is 0.516 e. The fraction of sp³-hybridized carbons (Fsp3) is 0.257. The number of furan rings is 1. The van der Waals surface area contributed by atoms with Crippen LogP contribution in [0.4, 0.5) is 18.9 Å². The van der Waals surface area contributed by atoms with E-state index < -0.39 is 21.8 Å². The zero-order valence-corrected chi connectivity index (χ0v) is 29.1. The highest BCUT2D eigenvalue weighted by atomic mass is 79.9. The highest BCUT2D eigenvalue weighted by molar-refractivity contribution is 9.10. The van der Waals surface area contributed by atoms with Gasteiger partial charge in [0.2, 0.25) is 6.29 Å². The maximum absolute atomic E-state index is 13.2. The first-order valence-corrected chi connectivity index (χ1v) is 17.6. The van der Waals surface area contributed by atoms with Gasteiger partial charge in [-0.05, 0) is 63.8 Å². The van der Waals surface area contributed by atoms with Crippen molar-refractivity contribution in [1.29, 1.82) is 0 Å². The summed E-state index contributed by atoms with van der Waals surface area (Å²) in [5, 5.41) is 0.652. The zero-order valence-electron chi connectivity index (χ0n) is 26.7. The Labute approximate surface area is 289 Å². The summed E-state index contributed by atoms with van der Waals surface area (Å²) >= 11 is 3.56. The normalized spacial score (nSPS) is 12.4. The van der Waals surface area contributed by atoms with Gasteiger partial charge in [-0.25, -0.2) is 9.97 Å². The Bertz CT molecular complexity index is 2230. The molecule has 0 atom stereocenters. The fourth-order valence-corrected chi connectivity index (χ4v) is 6.88. The number of rotatable bonds is 12. The number of aryl methyl sites for hydroxylation is 1. The van der Waals surface area contributed by atoms with Crippen LogP contribution in [0.1, 0.15) is 43.1 Å². The Morgan fingerprint density at radius 3 is 2.37 bits per heavy atom. The third-order valence-electron chi connectivity index (χ3n) is 8.07. The molecule has 9 nitrogen and oxygen atoms in total. The van der Waals surface area contributed by atoms with Crippen LogP contribution in [0.25, 0.3) is 44.6 Å². The molecule has 0 unspecified atom stereocenters. The van der Waals surface area contributed by atoms with E-state index in [1.54, 1.807) is 31.1 Å². The van der Waals surface area contributed by atoms with Gasteiger partial charge in [-0.3, -0.25) is 4.72 Å². The lowest BCUT2D eigenvalue weighted by molar-refractivity contribution is -0.108. The lowest BCUT2D eigenvalue weighted by Crippen LogP contribution is -2.30. The second-order valence-electron chi connectivity index (χ2n) is 11.3. The summed E-state index contributed by atoms with van der Waals surface area (Å²) < 4.78 is 84.9. The van der Waals surface area contributed by atoms with E-state index in [0.717, 1.165) is 47.3 Å². The summed E-state index contributed by atoms with van der Waals surface area (Å²) in [6, 6.07) is 23.2. The van der Waals surface area contributed by atoms with Gasteiger partial charge in [0.15, 0.2) is 11.4 Å². The number of hydrogen-bond donors (Lipinski definition) is 1. The van der Waals surface area contributed by atoms with Gasteiger partial charge in [-0.2, -0.15) is 21.6 Å². The van der Waals surface area contributed by atoms with Crippen molar-refractivity contribution in [2.75, 3.05) is 18.9 Å². The third-order valence-corrected chi connectivity index (χ3v) is 9.96. The molecule has 3 heterocycles. The number of pyridine rings is 1. The van der Waals surface area contributed by atoms with Gasteiger partial charge in [0.1, 0.15) is 22.6 Å². The van der Waals surface area contributed by atoms with Crippen molar-refractivity contribution < 1.29 is 35.5 Å². The molecule has 0 radical (unpaired) electrons. The number of nitrogens with one attached hydrogen (secondary N) is 1. The molecule has 3 aromatic heterocycles. The number of benzene rings is 3. The molecule has 0 saturated carbocycles. The van der Waals surface area contributed by atoms with Crippen LogP contribution in [0, 0.1) is 0 Å². The van der Waals surface area contributed by atoms with Crippen LogP contribution in [0.15, 0.2) is 87.8 Å². The van der Waals surface area contributed by atoms with Crippen molar-refractivity contribution in [3.63, 3.8) is 0 Å². The van der Waals surface area contributed by atoms with E-state index in [1.165, 1.54) is 18.2 Å². The Morgan fingerprint density at radius 1 is 0.959 bits per heavy atom. The SMILES string of the molecule is CCCCc1nc2cc(-c3ccccc3)c(C(OC)OC)nc2n1Cc1ccc2oc(-c3ccccc3NS(=O)(=O)C(F)(F)F)c(Br)c2c1. The monoisotopic (exact) mass is 756 g/mol. The van der Waals surface area contributed by atoms with Gasteiger partial charge in [-0.1, -0.05) is 61.9 Å². The number of sulfonamides is 1. The Morgan fingerprint density at radius 2 is 1.67 bits per heavy atom. The summed E-state index contributed by atoms with van der Waals surface area (Å²) in [5.41, 5.74) is -0.470. The topological polar surface area (TPSA) is 108 Å². The number of fused-ring (bicyclic) bond motifs is 2. The molecular formula is C35H32BrF3N4O5S. The molecule has 6 rings (SSSR count). The number of alkyl halides is 3. The number of unbranched alkanes of at least 4 members (excludes halogenated alkanes) is 1. The second kappa shape index (κ2) is 13.9. The summed E-state index contributed by atoms with van der Waals surface area (Å²) in [7, 11) is -2.53. The number of imidazole rings is 1. The second-order valence-corrected chi connectivity index (χ2v) is 13.8. The average Bonchev–Trinajstić information content (AvgIpc) is 3.59. The molecule has 14 heteroatoms. The van der Waals surface area contributed by atoms with Gasteiger partial charge in [0, 0.05) is 37.2 Å². The highest BCUT2D eigenvalue weighted by Crippen LogP contribution is 2.42. The number of ether oxygens (including phenoxy) is 2. The van der Waals surface area contributed by atoms with Crippen LogP contribution in [-0.2, 0) is 32.5 Å². The Hall–Kier alpha value is -4.24. The van der Waals surface area contributed by atoms with Crippen molar-refractivity contribution >= 4 is 53.8 Å². The molecule has 0 fully saturated rings. The van der Waals surface area contributed by atoms with Gasteiger partial charge in [-0.15, -0.1) is 0 Å². The summed E-state index contributed by atoms with van der Waals surface area (Å²) in [4.78, 5) is 10.1. The van der Waals surface area contributed by atoms with Crippen LogP contribution in [-0.4, -0.2) is 42.7 Å². The molecule has 0 aliphatic heterocycles. The summed E-state index contributed by atoms with van der Waals surface area (Å²) in [6.45, 7) is 2.52. The first kappa shape index (κ1) is 34.6. The molecule has 0 bridgehead atoms. The van der Waals surface area contributed by atoms with E-state index in [-0.39, 0.29) is 17.0 Å². The van der Waals surface area contributed by atoms with Crippen LogP contribution in [0.2, 0.25) is 0 Å². The number of nitrogens with zero attached hydrogens (tertiary/aromatic N) is 3. The van der Waals surface area contributed by atoms with E-state index in [0.29, 0.717) is 33.3 Å². The first-order chi connectivity index (χ1) is 23.5. The Kier molecular flexibility index (Phi) is 9.85. The molecule has 6 aromatic rings. The van der Waals surface area contributed by atoms with E-state index in [1.807, 2.05) is 48.5 Å². The third kappa shape index (κ3) is 6.82. The molecule has 0 aliphatic carbocycles. The van der Waals surface area contributed by atoms with Gasteiger partial charge >= 0.3 is 15.5 Å². The van der Waals surface area contributed by atoms with Crippen molar-refractivity contribution in [2.45, 2.75) is 44.5 Å². The number of hydrogen-bond acceptors (Lipinski definition) is 7. The smallest absolute Gasteiger partial charge is 0.455 e. The van der Waals surface area contributed by atoms with Crippen LogP contribution in [0.5, 0.6) is 0 Å². The standard InChI is InChI=1S/C35H32BrF3N4O5S/c1-4-5-15-29-40-27-19-24(22-11-7-6-8-12-22)31(34(46-2)47-3)41-33(27)43(29)20-21-16-17-28-25(18-21)30(36)32(48-28)23-13-9-10-14-26(23)42-49(44,45)35(37,38)39/h6-14,16-19,34,42H,4-5,15,20H2,1-3H3. The van der Waals surface area contributed by atoms with Crippen LogP contribution >= 0.6 is 15.9 Å². The maximum atomic E-state index is 13.2. The van der Waals surface area contributed by atoms with Crippen molar-refractivity contribution in [3.05, 3.63) is 100 Å². The molecular weight excluding hydrogens is 725 g/mol. The number of anilines is 1. The predicted molar refractivity (Wildman–Crippen MR) is 185 cm³/mol. The lowest BCUT2D eigenvalue weighted by Gasteiger charge is -2.17. The van der Waals surface area contributed by atoms with Crippen molar-refractivity contribution in [2.24, 2.45) is 0 Å². The van der Waals surface area contributed by atoms with Crippen LogP contribution < -0.4 is 4.72 Å². The summed E-state index contributed by atoms with van der Waals surface area (Å²) in [5.74, 6) is 1.04. The molecule has 49 heavy (non-hydrogen) atoms. The first-order valence-electron chi connectivity index (χ1n) is 15.4. The highest BCUT2D eigenvalue weighted by Gasteiger charge is 2.46. The van der Waals surface area contributed by atoms with Gasteiger partial charge in [0.25, 0.3) is 0 Å². The van der Waals surface area contributed by atoms with Gasteiger partial charge < -0.3 is 18.5 Å². The predicted octanol–water partition coefficient (Wildman–Crippen LogP) is 9.22. The number of halogens is 4. The Balaban J connectivity index is 1.44. The quantitative estimate of drug-likeness (QED) is 0.124. The number of methoxy groups -OCH3 is 2. The van der Waals surface area contributed by atoms with E-state index in [9.17, 15) is 21.6 Å². The average molecular weight is 758 g/mol. The van der Waals surface area contributed by atoms with E-state index in [2.05, 4.69) is 27.4 Å². The largest absolute Gasteiger partial charge is 0.516 e. The van der Waals surface area contributed by atoms with Gasteiger partial charge in [0.05, 0.1) is 16.7 Å². The molecule has 0 spiro atoms. The number of aromatic nitrogens is 3. The molecule has 1 N–H and O–H groups in total. The number of para-hydroxylation sites is 1. The fourth-order valence-electron chi connectivity index (χ4n) is 5.69. The molecule has 0 saturated heterocycles. The lowest BCUT2D eigenvalue weighted by atomic mass is 10.0. The molecule has 256 valence electrons. The van der Waals surface area contributed by atoms with E-state index >= 15 is 0 Å². The molecule has 0 aliphatic rings. The van der Waals surface area contributed by atoms with Crippen LogP contribution in [0.3, 0.4) is 0 Å². The van der Waals surface area contributed by atoms with Crippen molar-refractivity contribution in [3.8, 4) is 22.5 Å².